The van der Waals surface area contributed by atoms with Crippen LogP contribution in [-0.2, 0) is 6.42 Å². The largest absolute Gasteiger partial charge is 0.330 e. The van der Waals surface area contributed by atoms with E-state index >= 15 is 0 Å². The van der Waals surface area contributed by atoms with Crippen molar-refractivity contribution < 1.29 is 4.92 Å². The number of nitro benzene ring substituents is 1. The summed E-state index contributed by atoms with van der Waals surface area (Å²) in [5, 5.41) is 10.8. The summed E-state index contributed by atoms with van der Waals surface area (Å²) in [6, 6.07) is 3.75. The van der Waals surface area contributed by atoms with Gasteiger partial charge in [0, 0.05) is 11.1 Å². The van der Waals surface area contributed by atoms with Gasteiger partial charge in [-0.25, -0.2) is 0 Å². The van der Waals surface area contributed by atoms with Crippen molar-refractivity contribution in [1.29, 1.82) is 0 Å². The Morgan fingerprint density at radius 1 is 1.33 bits per heavy atom. The fourth-order valence-electron chi connectivity index (χ4n) is 1.78. The maximum atomic E-state index is 10.8. The fraction of sp³-hybridized carbons (Fsp3) is 0.455. The molecule has 0 aliphatic heterocycles. The minimum atomic E-state index is -0.322. The van der Waals surface area contributed by atoms with Crippen LogP contribution in [0.3, 0.4) is 0 Å². The summed E-state index contributed by atoms with van der Waals surface area (Å²) in [7, 11) is 0. The lowest BCUT2D eigenvalue weighted by atomic mass is 10.0. The van der Waals surface area contributed by atoms with Crippen molar-refractivity contribution in [2.75, 3.05) is 6.54 Å². The molecule has 0 saturated carbocycles. The van der Waals surface area contributed by atoms with Crippen LogP contribution in [0.15, 0.2) is 12.1 Å². The number of hydrogen-bond acceptors (Lipinski definition) is 3. The Hall–Kier alpha value is -1.42. The lowest BCUT2D eigenvalue weighted by Gasteiger charge is -2.05. The molecule has 4 nitrogen and oxygen atoms in total. The van der Waals surface area contributed by atoms with Gasteiger partial charge in [0.15, 0.2) is 0 Å². The van der Waals surface area contributed by atoms with Crippen LogP contribution in [0, 0.1) is 24.0 Å². The van der Waals surface area contributed by atoms with Crippen LogP contribution in [0.1, 0.15) is 23.1 Å². The molecule has 0 aliphatic carbocycles. The molecule has 0 aromatic heterocycles. The molecule has 0 radical (unpaired) electrons. The monoisotopic (exact) mass is 208 g/mol. The molecule has 0 amide bonds. The van der Waals surface area contributed by atoms with Crippen molar-refractivity contribution in [3.05, 3.63) is 38.9 Å². The van der Waals surface area contributed by atoms with Gasteiger partial charge in [-0.15, -0.1) is 0 Å². The molecule has 0 fully saturated rings. The summed E-state index contributed by atoms with van der Waals surface area (Å²) >= 11 is 0. The molecular formula is C11H16N2O2. The van der Waals surface area contributed by atoms with E-state index in [1.54, 1.807) is 13.8 Å². The minimum Gasteiger partial charge on any atom is -0.330 e. The molecule has 0 aliphatic rings. The average Bonchev–Trinajstić information content (AvgIpc) is 2.12. The zero-order chi connectivity index (χ0) is 11.4. The van der Waals surface area contributed by atoms with E-state index in [1.807, 2.05) is 12.1 Å². The number of rotatable bonds is 4. The maximum absolute atomic E-state index is 10.8. The van der Waals surface area contributed by atoms with Gasteiger partial charge in [0.1, 0.15) is 0 Å². The molecule has 0 bridgehead atoms. The van der Waals surface area contributed by atoms with E-state index in [2.05, 4.69) is 0 Å². The average molecular weight is 208 g/mol. The van der Waals surface area contributed by atoms with Gasteiger partial charge in [-0.05, 0) is 50.9 Å². The van der Waals surface area contributed by atoms with Crippen LogP contribution in [0.4, 0.5) is 5.69 Å². The Bertz CT molecular complexity index is 352. The lowest BCUT2D eigenvalue weighted by molar-refractivity contribution is -0.386. The van der Waals surface area contributed by atoms with Gasteiger partial charge >= 0.3 is 0 Å². The second-order valence-electron chi connectivity index (χ2n) is 3.73. The van der Waals surface area contributed by atoms with Crippen LogP contribution in [0.2, 0.25) is 0 Å². The van der Waals surface area contributed by atoms with Crippen LogP contribution < -0.4 is 5.73 Å². The highest BCUT2D eigenvalue weighted by Crippen LogP contribution is 2.24. The summed E-state index contributed by atoms with van der Waals surface area (Å²) < 4.78 is 0. The molecule has 15 heavy (non-hydrogen) atoms. The lowest BCUT2D eigenvalue weighted by Crippen LogP contribution is -2.02. The highest BCUT2D eigenvalue weighted by atomic mass is 16.6. The van der Waals surface area contributed by atoms with Gasteiger partial charge < -0.3 is 5.73 Å². The van der Waals surface area contributed by atoms with E-state index < -0.39 is 0 Å². The SMILES string of the molecule is Cc1cc(CCCN)cc(C)c1[N+](=O)[O-]. The first-order valence-corrected chi connectivity index (χ1v) is 5.01. The fourth-order valence-corrected chi connectivity index (χ4v) is 1.78. The molecule has 0 atom stereocenters. The number of benzene rings is 1. The van der Waals surface area contributed by atoms with E-state index in [-0.39, 0.29) is 10.6 Å². The van der Waals surface area contributed by atoms with Gasteiger partial charge in [-0.3, -0.25) is 10.1 Å². The normalized spacial score (nSPS) is 10.3. The third kappa shape index (κ3) is 2.76. The van der Waals surface area contributed by atoms with Crippen LogP contribution in [-0.4, -0.2) is 11.5 Å². The quantitative estimate of drug-likeness (QED) is 0.608. The summed E-state index contributed by atoms with van der Waals surface area (Å²) in [6.45, 7) is 4.20. The second kappa shape index (κ2) is 4.89. The zero-order valence-electron chi connectivity index (χ0n) is 9.12. The van der Waals surface area contributed by atoms with Gasteiger partial charge in [-0.2, -0.15) is 0 Å². The number of nitrogens with two attached hydrogens (primary N) is 1. The molecule has 4 heteroatoms. The van der Waals surface area contributed by atoms with Gasteiger partial charge in [-0.1, -0.05) is 0 Å². The maximum Gasteiger partial charge on any atom is 0.275 e. The summed E-state index contributed by atoms with van der Waals surface area (Å²) in [5.74, 6) is 0. The highest BCUT2D eigenvalue weighted by molar-refractivity contribution is 5.48. The first-order valence-electron chi connectivity index (χ1n) is 5.01. The van der Waals surface area contributed by atoms with E-state index in [1.165, 1.54) is 0 Å². The van der Waals surface area contributed by atoms with E-state index in [9.17, 15) is 10.1 Å². The minimum absolute atomic E-state index is 0.228. The Kier molecular flexibility index (Phi) is 3.80. The van der Waals surface area contributed by atoms with Crippen molar-refractivity contribution >= 4 is 5.69 Å². The van der Waals surface area contributed by atoms with Crippen molar-refractivity contribution in [1.82, 2.24) is 0 Å². The number of nitro groups is 1. The van der Waals surface area contributed by atoms with Crippen LogP contribution in [0.25, 0.3) is 0 Å². The Labute approximate surface area is 89.2 Å². The third-order valence-corrected chi connectivity index (χ3v) is 2.40. The molecule has 1 aromatic carbocycles. The molecular weight excluding hydrogens is 192 g/mol. The van der Waals surface area contributed by atoms with E-state index in [0.717, 1.165) is 29.5 Å². The topological polar surface area (TPSA) is 69.2 Å². The van der Waals surface area contributed by atoms with Crippen LogP contribution >= 0.6 is 0 Å². The third-order valence-electron chi connectivity index (χ3n) is 2.40. The summed E-state index contributed by atoms with van der Waals surface area (Å²) in [5.41, 5.74) is 8.23. The van der Waals surface area contributed by atoms with Gasteiger partial charge in [0.05, 0.1) is 4.92 Å². The molecule has 0 saturated heterocycles. The standard InChI is InChI=1S/C11H16N2O2/c1-8-6-10(4-3-5-12)7-9(2)11(8)13(14)15/h6-7H,3-5,12H2,1-2H3. The molecule has 0 spiro atoms. The van der Waals surface area contributed by atoms with Crippen molar-refractivity contribution in [2.45, 2.75) is 26.7 Å². The second-order valence-corrected chi connectivity index (χ2v) is 3.73. The zero-order valence-corrected chi connectivity index (χ0v) is 9.12. The van der Waals surface area contributed by atoms with E-state index in [4.69, 9.17) is 5.73 Å². The van der Waals surface area contributed by atoms with E-state index in [0.29, 0.717) is 6.54 Å². The molecule has 2 N–H and O–H groups in total. The van der Waals surface area contributed by atoms with Crippen molar-refractivity contribution in [3.63, 3.8) is 0 Å². The van der Waals surface area contributed by atoms with Crippen molar-refractivity contribution in [3.8, 4) is 0 Å². The van der Waals surface area contributed by atoms with Crippen LogP contribution in [0.5, 0.6) is 0 Å². The van der Waals surface area contributed by atoms with Gasteiger partial charge in [0.25, 0.3) is 5.69 Å². The molecule has 1 rings (SSSR count). The molecule has 82 valence electrons. The number of nitrogens with zero attached hydrogens (tertiary/aromatic N) is 1. The molecule has 1 aromatic rings. The molecule has 0 heterocycles. The Balaban J connectivity index is 3.03. The Morgan fingerprint density at radius 3 is 2.27 bits per heavy atom. The first kappa shape index (κ1) is 11.7. The first-order chi connectivity index (χ1) is 7.06. The highest BCUT2D eigenvalue weighted by Gasteiger charge is 2.14. The molecule has 0 unspecified atom stereocenters. The Morgan fingerprint density at radius 2 is 1.87 bits per heavy atom. The number of hydrogen-bond donors (Lipinski definition) is 1. The summed E-state index contributed by atoms with van der Waals surface area (Å²) in [4.78, 5) is 10.4. The smallest absolute Gasteiger partial charge is 0.275 e. The predicted octanol–water partition coefficient (Wildman–Crippen LogP) is 2.10. The predicted molar refractivity (Wildman–Crippen MR) is 59.9 cm³/mol. The van der Waals surface area contributed by atoms with Gasteiger partial charge in [0.2, 0.25) is 0 Å². The number of aryl methyl sites for hydroxylation is 3. The van der Waals surface area contributed by atoms with Crippen molar-refractivity contribution in [2.24, 2.45) is 5.73 Å². The summed E-state index contributed by atoms with van der Waals surface area (Å²) in [6.07, 6.45) is 1.80.